The molecule has 3 rings (SSSR count). The number of nitrogens with zero attached hydrogens (tertiary/aromatic N) is 2. The minimum absolute atomic E-state index is 0.161. The van der Waals surface area contributed by atoms with Crippen LogP contribution in [0.5, 0.6) is 0 Å². The van der Waals surface area contributed by atoms with Crippen LogP contribution in [-0.4, -0.2) is 62.2 Å². The van der Waals surface area contributed by atoms with E-state index >= 15 is 0 Å². The standard InChI is InChI=1S/C21H38N4O2/c1-4-23-20(25-12-8-16(9-13-25)14-19(26)22-3)24-17-15-18(27-5-2)21(17)10-6-7-11-21/h16-18H,4-15H2,1-3H3,(H,22,26)(H,23,24). The molecule has 0 aromatic heterocycles. The van der Waals surface area contributed by atoms with Crippen molar-refractivity contribution >= 4 is 11.9 Å². The fraction of sp³-hybridized carbons (Fsp3) is 0.905. The summed E-state index contributed by atoms with van der Waals surface area (Å²) in [6, 6.07) is 0.491. The predicted molar refractivity (Wildman–Crippen MR) is 109 cm³/mol. The number of likely N-dealkylation sites (tertiary alicyclic amines) is 1. The average Bonchev–Trinajstić information content (AvgIpc) is 3.20. The number of amides is 1. The summed E-state index contributed by atoms with van der Waals surface area (Å²) >= 11 is 0. The third kappa shape index (κ3) is 4.41. The van der Waals surface area contributed by atoms with Crippen molar-refractivity contribution in [2.24, 2.45) is 16.3 Å². The van der Waals surface area contributed by atoms with E-state index in [1.807, 2.05) is 0 Å². The monoisotopic (exact) mass is 378 g/mol. The highest BCUT2D eigenvalue weighted by atomic mass is 16.5. The molecule has 1 amide bonds. The summed E-state index contributed by atoms with van der Waals surface area (Å²) in [7, 11) is 1.72. The van der Waals surface area contributed by atoms with Gasteiger partial charge in [0.15, 0.2) is 5.96 Å². The van der Waals surface area contributed by atoms with Gasteiger partial charge in [0.2, 0.25) is 5.91 Å². The summed E-state index contributed by atoms with van der Waals surface area (Å²) in [5, 5.41) is 6.58. The number of hydrogen-bond donors (Lipinski definition) is 2. The molecular weight excluding hydrogens is 340 g/mol. The summed E-state index contributed by atoms with van der Waals surface area (Å²) < 4.78 is 6.06. The molecule has 1 spiro atoms. The summed E-state index contributed by atoms with van der Waals surface area (Å²) in [5.74, 6) is 1.73. The van der Waals surface area contributed by atoms with Gasteiger partial charge in [-0.2, -0.15) is 0 Å². The zero-order valence-electron chi connectivity index (χ0n) is 17.4. The van der Waals surface area contributed by atoms with E-state index in [0.29, 0.717) is 29.9 Å². The molecule has 2 atom stereocenters. The highest BCUT2D eigenvalue weighted by Gasteiger charge is 2.57. The first kappa shape index (κ1) is 20.4. The van der Waals surface area contributed by atoms with Crippen LogP contribution in [0.25, 0.3) is 0 Å². The largest absolute Gasteiger partial charge is 0.378 e. The van der Waals surface area contributed by atoms with Gasteiger partial charge in [-0.05, 0) is 51.9 Å². The SMILES string of the molecule is CCN=C(NC1CC(OCC)C12CCCC2)N1CCC(CC(=O)NC)CC1. The van der Waals surface area contributed by atoms with Crippen LogP contribution in [0.3, 0.4) is 0 Å². The molecule has 0 radical (unpaired) electrons. The van der Waals surface area contributed by atoms with Crippen molar-refractivity contribution in [3.8, 4) is 0 Å². The maximum Gasteiger partial charge on any atom is 0.220 e. The van der Waals surface area contributed by atoms with Gasteiger partial charge in [-0.25, -0.2) is 0 Å². The summed E-state index contributed by atoms with van der Waals surface area (Å²) in [4.78, 5) is 18.9. The molecule has 2 aliphatic carbocycles. The second-order valence-electron chi connectivity index (χ2n) is 8.42. The predicted octanol–water partition coefficient (Wildman–Crippen LogP) is 2.54. The molecule has 1 heterocycles. The highest BCUT2D eigenvalue weighted by Crippen LogP contribution is 2.54. The second kappa shape index (κ2) is 9.26. The van der Waals surface area contributed by atoms with Crippen molar-refractivity contribution in [3.63, 3.8) is 0 Å². The third-order valence-electron chi connectivity index (χ3n) is 6.97. The zero-order chi connectivity index (χ0) is 19.3. The molecule has 2 N–H and O–H groups in total. The number of carbonyl (C=O) groups is 1. The molecule has 2 unspecified atom stereocenters. The van der Waals surface area contributed by atoms with Gasteiger partial charge in [-0.3, -0.25) is 9.79 Å². The first-order valence-corrected chi connectivity index (χ1v) is 11.0. The lowest BCUT2D eigenvalue weighted by Crippen LogP contribution is -2.65. The Morgan fingerprint density at radius 3 is 2.52 bits per heavy atom. The molecule has 3 fully saturated rings. The van der Waals surface area contributed by atoms with Gasteiger partial charge in [-0.15, -0.1) is 0 Å². The van der Waals surface area contributed by atoms with Gasteiger partial charge in [-0.1, -0.05) is 12.8 Å². The Hall–Kier alpha value is -1.30. The van der Waals surface area contributed by atoms with Crippen molar-refractivity contribution in [3.05, 3.63) is 0 Å². The lowest BCUT2D eigenvalue weighted by Gasteiger charge is -2.55. The smallest absolute Gasteiger partial charge is 0.220 e. The normalized spacial score (nSPS) is 28.3. The quantitative estimate of drug-likeness (QED) is 0.551. The van der Waals surface area contributed by atoms with Crippen LogP contribution in [0.2, 0.25) is 0 Å². The number of aliphatic imine (C=N–C) groups is 1. The molecule has 27 heavy (non-hydrogen) atoms. The number of rotatable bonds is 6. The minimum Gasteiger partial charge on any atom is -0.378 e. The van der Waals surface area contributed by atoms with Gasteiger partial charge < -0.3 is 20.3 Å². The maximum absolute atomic E-state index is 11.6. The number of nitrogens with one attached hydrogen (secondary N) is 2. The van der Waals surface area contributed by atoms with Crippen LogP contribution in [0, 0.1) is 11.3 Å². The Morgan fingerprint density at radius 2 is 1.93 bits per heavy atom. The van der Waals surface area contributed by atoms with Crippen molar-refractivity contribution in [1.82, 2.24) is 15.5 Å². The van der Waals surface area contributed by atoms with Crippen molar-refractivity contribution in [1.29, 1.82) is 0 Å². The number of carbonyl (C=O) groups excluding carboxylic acids is 1. The van der Waals surface area contributed by atoms with Crippen LogP contribution in [-0.2, 0) is 9.53 Å². The fourth-order valence-corrected chi connectivity index (χ4v) is 5.34. The summed E-state index contributed by atoms with van der Waals surface area (Å²) in [6.45, 7) is 7.80. The van der Waals surface area contributed by atoms with Crippen molar-refractivity contribution in [2.45, 2.75) is 77.4 Å². The van der Waals surface area contributed by atoms with Crippen LogP contribution < -0.4 is 10.6 Å². The van der Waals surface area contributed by atoms with Gasteiger partial charge in [0, 0.05) is 51.2 Å². The summed E-state index contributed by atoms with van der Waals surface area (Å²) in [6.07, 6.45) is 9.52. The molecule has 0 bridgehead atoms. The first-order chi connectivity index (χ1) is 13.1. The van der Waals surface area contributed by atoms with Gasteiger partial charge in [0.25, 0.3) is 0 Å². The lowest BCUT2D eigenvalue weighted by atomic mass is 9.60. The van der Waals surface area contributed by atoms with E-state index in [-0.39, 0.29) is 5.91 Å². The van der Waals surface area contributed by atoms with E-state index in [2.05, 4.69) is 29.4 Å². The number of ether oxygens (including phenoxy) is 1. The highest BCUT2D eigenvalue weighted by molar-refractivity contribution is 5.81. The minimum atomic E-state index is 0.161. The van der Waals surface area contributed by atoms with E-state index in [1.54, 1.807) is 7.05 Å². The average molecular weight is 379 g/mol. The molecule has 0 aromatic carbocycles. The number of piperidine rings is 1. The zero-order valence-corrected chi connectivity index (χ0v) is 17.4. The maximum atomic E-state index is 11.6. The molecule has 3 aliphatic rings. The first-order valence-electron chi connectivity index (χ1n) is 11.0. The molecule has 0 aromatic rings. The lowest BCUT2D eigenvalue weighted by molar-refractivity contribution is -0.126. The molecule has 6 nitrogen and oxygen atoms in total. The van der Waals surface area contributed by atoms with Crippen molar-refractivity contribution < 1.29 is 9.53 Å². The molecule has 1 aliphatic heterocycles. The second-order valence-corrected chi connectivity index (χ2v) is 8.42. The number of hydrogen-bond acceptors (Lipinski definition) is 3. The fourth-order valence-electron chi connectivity index (χ4n) is 5.34. The molecule has 2 saturated carbocycles. The molecular formula is C21H38N4O2. The van der Waals surface area contributed by atoms with Crippen LogP contribution >= 0.6 is 0 Å². The Balaban J connectivity index is 1.57. The summed E-state index contributed by atoms with van der Waals surface area (Å²) in [5.41, 5.74) is 0.321. The van der Waals surface area contributed by atoms with Crippen molar-refractivity contribution in [2.75, 3.05) is 33.3 Å². The van der Waals surface area contributed by atoms with Gasteiger partial charge in [0.1, 0.15) is 0 Å². The van der Waals surface area contributed by atoms with Gasteiger partial charge >= 0.3 is 0 Å². The van der Waals surface area contributed by atoms with E-state index in [4.69, 9.17) is 9.73 Å². The van der Waals surface area contributed by atoms with Crippen LogP contribution in [0.1, 0.15) is 65.2 Å². The topological polar surface area (TPSA) is 66.0 Å². The third-order valence-corrected chi connectivity index (χ3v) is 6.97. The van der Waals surface area contributed by atoms with Crippen LogP contribution in [0.4, 0.5) is 0 Å². The molecule has 1 saturated heterocycles. The number of guanidine groups is 1. The van der Waals surface area contributed by atoms with E-state index in [0.717, 1.165) is 51.5 Å². The van der Waals surface area contributed by atoms with Crippen LogP contribution in [0.15, 0.2) is 4.99 Å². The Labute approximate surface area is 164 Å². The van der Waals surface area contributed by atoms with Gasteiger partial charge in [0.05, 0.1) is 6.10 Å². The van der Waals surface area contributed by atoms with E-state index in [9.17, 15) is 4.79 Å². The Morgan fingerprint density at radius 1 is 1.22 bits per heavy atom. The molecule has 154 valence electrons. The molecule has 6 heteroatoms. The Bertz CT molecular complexity index is 522. The Kier molecular flexibility index (Phi) is 7.01. The van der Waals surface area contributed by atoms with E-state index < -0.39 is 0 Å². The van der Waals surface area contributed by atoms with E-state index in [1.165, 1.54) is 25.7 Å².